The maximum Gasteiger partial charge on any atom is 0.191 e. The number of morpholine rings is 1. The number of ether oxygens (including phenoxy) is 1. The van der Waals surface area contributed by atoms with Crippen molar-refractivity contribution in [3.63, 3.8) is 0 Å². The standard InChI is InChI=1S/C21H38N8O.HI/c1-17-25-26-20(27(17)2)16-23-21(22-8-3-9-28-12-14-30-15-13-28)24-18-6-10-29(11-7-18)19-4-5-19;/h18-19H,3-16H2,1-2H3,(H2,22,23,24);1H. The number of hydrogen-bond acceptors (Lipinski definition) is 6. The highest BCUT2D eigenvalue weighted by Crippen LogP contribution is 2.29. The SMILES string of the molecule is Cc1nnc(CN=C(NCCCN2CCOCC2)NC2CCN(C3CC3)CC2)n1C.I. The van der Waals surface area contributed by atoms with Crippen LogP contribution in [0.1, 0.15) is 43.8 Å². The van der Waals surface area contributed by atoms with Crippen LogP contribution in [0.5, 0.6) is 0 Å². The van der Waals surface area contributed by atoms with E-state index >= 15 is 0 Å². The number of nitrogens with one attached hydrogen (secondary N) is 2. The molecular weight excluding hydrogens is 507 g/mol. The molecule has 4 rings (SSSR count). The number of aliphatic imine (C=N–C) groups is 1. The third-order valence-corrected chi connectivity index (χ3v) is 6.54. The van der Waals surface area contributed by atoms with Crippen molar-refractivity contribution in [2.75, 3.05) is 52.5 Å². The first-order chi connectivity index (χ1) is 14.7. The highest BCUT2D eigenvalue weighted by Gasteiger charge is 2.31. The number of halogens is 1. The van der Waals surface area contributed by atoms with E-state index < -0.39 is 0 Å². The fourth-order valence-electron chi connectivity index (χ4n) is 4.27. The van der Waals surface area contributed by atoms with E-state index in [1.807, 2.05) is 18.5 Å². The van der Waals surface area contributed by atoms with Gasteiger partial charge in [0.2, 0.25) is 0 Å². The summed E-state index contributed by atoms with van der Waals surface area (Å²) in [5, 5.41) is 15.7. The van der Waals surface area contributed by atoms with Crippen LogP contribution in [0.3, 0.4) is 0 Å². The monoisotopic (exact) mass is 546 g/mol. The molecule has 0 amide bonds. The largest absolute Gasteiger partial charge is 0.379 e. The molecule has 0 bridgehead atoms. The quantitative estimate of drug-likeness (QED) is 0.219. The molecule has 2 N–H and O–H groups in total. The van der Waals surface area contributed by atoms with Gasteiger partial charge in [0, 0.05) is 51.9 Å². The lowest BCUT2D eigenvalue weighted by molar-refractivity contribution is 0.0376. The first-order valence-corrected chi connectivity index (χ1v) is 11.6. The van der Waals surface area contributed by atoms with Gasteiger partial charge in [0.15, 0.2) is 11.8 Å². The van der Waals surface area contributed by atoms with Crippen LogP contribution in [0.25, 0.3) is 0 Å². The van der Waals surface area contributed by atoms with E-state index in [1.54, 1.807) is 0 Å². The average Bonchev–Trinajstić information content (AvgIpc) is 3.57. The summed E-state index contributed by atoms with van der Waals surface area (Å²) >= 11 is 0. The van der Waals surface area contributed by atoms with Crippen molar-refractivity contribution in [1.82, 2.24) is 35.2 Å². The molecule has 1 aromatic rings. The van der Waals surface area contributed by atoms with Crippen LogP contribution in [0, 0.1) is 6.92 Å². The minimum Gasteiger partial charge on any atom is -0.379 e. The van der Waals surface area contributed by atoms with Gasteiger partial charge in [-0.1, -0.05) is 0 Å². The van der Waals surface area contributed by atoms with E-state index in [0.717, 1.165) is 69.5 Å². The van der Waals surface area contributed by atoms with Gasteiger partial charge >= 0.3 is 0 Å². The Labute approximate surface area is 203 Å². The van der Waals surface area contributed by atoms with E-state index in [1.165, 1.54) is 38.8 Å². The molecule has 176 valence electrons. The molecule has 31 heavy (non-hydrogen) atoms. The molecule has 10 heteroatoms. The second-order valence-corrected chi connectivity index (χ2v) is 8.81. The molecule has 9 nitrogen and oxygen atoms in total. The minimum atomic E-state index is 0. The molecule has 2 saturated heterocycles. The maximum absolute atomic E-state index is 5.44. The van der Waals surface area contributed by atoms with E-state index in [2.05, 4.69) is 30.6 Å². The molecule has 2 aliphatic heterocycles. The zero-order chi connectivity index (χ0) is 20.8. The van der Waals surface area contributed by atoms with Crippen molar-refractivity contribution in [2.24, 2.45) is 12.0 Å². The zero-order valence-electron chi connectivity index (χ0n) is 19.1. The molecule has 0 spiro atoms. The van der Waals surface area contributed by atoms with Crippen molar-refractivity contribution in [2.45, 2.75) is 57.7 Å². The Balaban J connectivity index is 0.00000272. The first-order valence-electron chi connectivity index (χ1n) is 11.6. The van der Waals surface area contributed by atoms with E-state index in [4.69, 9.17) is 9.73 Å². The van der Waals surface area contributed by atoms with Gasteiger partial charge in [-0.15, -0.1) is 34.2 Å². The number of nitrogens with zero attached hydrogens (tertiary/aromatic N) is 6. The first kappa shape index (κ1) is 24.7. The number of hydrogen-bond donors (Lipinski definition) is 2. The molecule has 0 radical (unpaired) electrons. The molecule has 0 aromatic carbocycles. The smallest absolute Gasteiger partial charge is 0.191 e. The Hall–Kier alpha value is -0.980. The van der Waals surface area contributed by atoms with Gasteiger partial charge in [-0.2, -0.15) is 0 Å². The van der Waals surface area contributed by atoms with Crippen molar-refractivity contribution in [3.05, 3.63) is 11.6 Å². The molecule has 1 aromatic heterocycles. The van der Waals surface area contributed by atoms with Gasteiger partial charge in [-0.25, -0.2) is 4.99 Å². The molecule has 3 fully saturated rings. The number of aryl methyl sites for hydroxylation is 1. The average molecular weight is 547 g/mol. The summed E-state index contributed by atoms with van der Waals surface area (Å²) in [5.41, 5.74) is 0. The van der Waals surface area contributed by atoms with Crippen LogP contribution in [0.2, 0.25) is 0 Å². The summed E-state index contributed by atoms with van der Waals surface area (Å²) in [6, 6.07) is 1.36. The number of rotatable bonds is 8. The van der Waals surface area contributed by atoms with Crippen LogP contribution in [0.4, 0.5) is 0 Å². The summed E-state index contributed by atoms with van der Waals surface area (Å²) in [6.45, 7) is 10.7. The fourth-order valence-corrected chi connectivity index (χ4v) is 4.27. The van der Waals surface area contributed by atoms with E-state index in [0.29, 0.717) is 12.6 Å². The molecule has 0 atom stereocenters. The van der Waals surface area contributed by atoms with Gasteiger partial charge < -0.3 is 24.8 Å². The number of likely N-dealkylation sites (tertiary alicyclic amines) is 1. The Morgan fingerprint density at radius 3 is 2.48 bits per heavy atom. The van der Waals surface area contributed by atoms with Crippen LogP contribution in [-0.4, -0.2) is 95.1 Å². The van der Waals surface area contributed by atoms with Crippen molar-refractivity contribution in [3.8, 4) is 0 Å². The Morgan fingerprint density at radius 1 is 1.10 bits per heavy atom. The van der Waals surface area contributed by atoms with Crippen LogP contribution >= 0.6 is 24.0 Å². The van der Waals surface area contributed by atoms with Gasteiger partial charge in [0.25, 0.3) is 0 Å². The predicted octanol–water partition coefficient (Wildman–Crippen LogP) is 1.13. The zero-order valence-corrected chi connectivity index (χ0v) is 21.4. The molecule has 0 unspecified atom stereocenters. The van der Waals surface area contributed by atoms with Crippen LogP contribution in [-0.2, 0) is 18.3 Å². The Kier molecular flexibility index (Phi) is 9.79. The van der Waals surface area contributed by atoms with Gasteiger partial charge in [-0.05, 0) is 45.6 Å². The Morgan fingerprint density at radius 2 is 1.84 bits per heavy atom. The van der Waals surface area contributed by atoms with Crippen LogP contribution in [0.15, 0.2) is 4.99 Å². The second-order valence-electron chi connectivity index (χ2n) is 8.81. The summed E-state index contributed by atoms with van der Waals surface area (Å²) in [7, 11) is 2.00. The van der Waals surface area contributed by atoms with Crippen LogP contribution < -0.4 is 10.6 Å². The van der Waals surface area contributed by atoms with Crippen molar-refractivity contribution in [1.29, 1.82) is 0 Å². The highest BCUT2D eigenvalue weighted by atomic mass is 127. The number of piperidine rings is 1. The molecular formula is C21H39IN8O. The topological polar surface area (TPSA) is 82.8 Å². The normalized spacial score (nSPS) is 21.7. The van der Waals surface area contributed by atoms with E-state index in [9.17, 15) is 0 Å². The van der Waals surface area contributed by atoms with Crippen molar-refractivity contribution >= 4 is 29.9 Å². The van der Waals surface area contributed by atoms with Gasteiger partial charge in [0.05, 0.1) is 13.2 Å². The summed E-state index contributed by atoms with van der Waals surface area (Å²) in [5.74, 6) is 2.72. The van der Waals surface area contributed by atoms with Crippen molar-refractivity contribution < 1.29 is 4.74 Å². The number of guanidine groups is 1. The molecule has 3 aliphatic rings. The lowest BCUT2D eigenvalue weighted by atomic mass is 10.1. The highest BCUT2D eigenvalue weighted by molar-refractivity contribution is 14.0. The summed E-state index contributed by atoms with van der Waals surface area (Å²) in [6.07, 6.45) is 6.27. The lowest BCUT2D eigenvalue weighted by Crippen LogP contribution is -2.49. The number of aromatic nitrogens is 3. The third kappa shape index (κ3) is 7.54. The molecule has 1 saturated carbocycles. The maximum atomic E-state index is 5.44. The van der Waals surface area contributed by atoms with Gasteiger partial charge in [0.1, 0.15) is 12.4 Å². The fraction of sp³-hybridized carbons (Fsp3) is 0.857. The summed E-state index contributed by atoms with van der Waals surface area (Å²) < 4.78 is 7.45. The predicted molar refractivity (Wildman–Crippen MR) is 133 cm³/mol. The molecule has 1 aliphatic carbocycles. The second kappa shape index (κ2) is 12.3. The Bertz CT molecular complexity index is 694. The third-order valence-electron chi connectivity index (χ3n) is 6.54. The minimum absolute atomic E-state index is 0. The van der Waals surface area contributed by atoms with Gasteiger partial charge in [-0.3, -0.25) is 4.90 Å². The summed E-state index contributed by atoms with van der Waals surface area (Å²) in [4.78, 5) is 9.97. The van der Waals surface area contributed by atoms with E-state index in [-0.39, 0.29) is 24.0 Å². The lowest BCUT2D eigenvalue weighted by Gasteiger charge is -2.33. The molecule has 3 heterocycles.